The molecule has 0 aliphatic carbocycles. The first kappa shape index (κ1) is 17.3. The first-order chi connectivity index (χ1) is 10.4. The molecule has 0 aromatic heterocycles. The Labute approximate surface area is 139 Å². The molecule has 1 N–H and O–H groups in total. The van der Waals surface area contributed by atoms with Gasteiger partial charge in [-0.3, -0.25) is 4.21 Å². The summed E-state index contributed by atoms with van der Waals surface area (Å²) in [5.41, 5.74) is 1.76. The summed E-state index contributed by atoms with van der Waals surface area (Å²) < 4.78 is 12.0. The van der Waals surface area contributed by atoms with Crippen LogP contribution >= 0.6 is 11.8 Å². The molecule has 1 unspecified atom stereocenters. The summed E-state index contributed by atoms with van der Waals surface area (Å²) in [5.74, 6) is 2.50. The van der Waals surface area contributed by atoms with Crippen LogP contribution in [0.25, 0.3) is 0 Å². The van der Waals surface area contributed by atoms with E-state index in [0.717, 1.165) is 35.8 Å². The Balaban J connectivity index is 1.99. The van der Waals surface area contributed by atoms with Gasteiger partial charge in [0.15, 0.2) is 0 Å². The van der Waals surface area contributed by atoms with Gasteiger partial charge >= 0.3 is 6.03 Å². The van der Waals surface area contributed by atoms with Crippen molar-refractivity contribution in [2.24, 2.45) is 0 Å². The Hall–Kier alpha value is -1.01. The van der Waals surface area contributed by atoms with E-state index in [2.05, 4.69) is 5.32 Å². The summed E-state index contributed by atoms with van der Waals surface area (Å²) in [6, 6.07) is 7.60. The molecule has 6 heteroatoms. The van der Waals surface area contributed by atoms with Crippen molar-refractivity contribution in [3.63, 3.8) is 0 Å². The largest absolute Gasteiger partial charge is 0.323 e. The van der Waals surface area contributed by atoms with Gasteiger partial charge in [-0.2, -0.15) is 11.8 Å². The second kappa shape index (κ2) is 7.51. The van der Waals surface area contributed by atoms with Crippen LogP contribution in [-0.4, -0.2) is 44.5 Å². The third-order valence-electron chi connectivity index (χ3n) is 3.46. The van der Waals surface area contributed by atoms with E-state index in [9.17, 15) is 9.00 Å². The van der Waals surface area contributed by atoms with Crippen LogP contribution in [0.5, 0.6) is 0 Å². The zero-order chi connectivity index (χ0) is 16.2. The molecule has 1 aliphatic rings. The highest BCUT2D eigenvalue weighted by Gasteiger charge is 2.20. The molecule has 1 aromatic carbocycles. The molecule has 4 nitrogen and oxygen atoms in total. The normalized spacial score (nSPS) is 17.1. The maximum Gasteiger partial charge on any atom is 0.321 e. The topological polar surface area (TPSA) is 49.4 Å². The molecule has 2 amide bonds. The molecule has 1 aromatic rings. The standard InChI is InChI=1S/C16H24N2O2S2/c1-16(2,3)22(20)12-13-5-4-6-14(11-13)17-15(19)18-7-9-21-10-8-18/h4-6,11H,7-10,12H2,1-3H3,(H,17,19). The molecule has 1 atom stereocenters. The third-order valence-corrected chi connectivity index (χ3v) is 6.36. The van der Waals surface area contributed by atoms with Gasteiger partial charge in [0.2, 0.25) is 0 Å². The van der Waals surface area contributed by atoms with Crippen molar-refractivity contribution in [2.75, 3.05) is 29.9 Å². The van der Waals surface area contributed by atoms with Gasteiger partial charge in [0, 0.05) is 51.6 Å². The first-order valence-corrected chi connectivity index (χ1v) is 9.95. The average Bonchev–Trinajstić information content (AvgIpc) is 2.47. The number of urea groups is 1. The van der Waals surface area contributed by atoms with Gasteiger partial charge in [-0.1, -0.05) is 12.1 Å². The minimum atomic E-state index is -0.939. The molecule has 2 rings (SSSR count). The van der Waals surface area contributed by atoms with E-state index in [4.69, 9.17) is 0 Å². The number of thioether (sulfide) groups is 1. The number of benzene rings is 1. The predicted molar refractivity (Wildman–Crippen MR) is 96.0 cm³/mol. The van der Waals surface area contributed by atoms with E-state index in [1.54, 1.807) is 0 Å². The van der Waals surface area contributed by atoms with Gasteiger partial charge in [0.25, 0.3) is 0 Å². The number of hydrogen-bond acceptors (Lipinski definition) is 3. The zero-order valence-electron chi connectivity index (χ0n) is 13.4. The van der Waals surface area contributed by atoms with Crippen LogP contribution in [0.4, 0.5) is 10.5 Å². The molecule has 1 heterocycles. The number of nitrogens with zero attached hydrogens (tertiary/aromatic N) is 1. The summed E-state index contributed by atoms with van der Waals surface area (Å²) in [4.78, 5) is 14.0. The van der Waals surface area contributed by atoms with Crippen LogP contribution in [-0.2, 0) is 16.6 Å². The molecular weight excluding hydrogens is 316 g/mol. The van der Waals surface area contributed by atoms with Crippen molar-refractivity contribution in [1.29, 1.82) is 0 Å². The van der Waals surface area contributed by atoms with E-state index in [1.165, 1.54) is 0 Å². The van der Waals surface area contributed by atoms with Gasteiger partial charge in [-0.25, -0.2) is 4.79 Å². The molecule has 0 saturated carbocycles. The summed E-state index contributed by atoms with van der Waals surface area (Å²) in [5, 5.41) is 2.94. The number of carbonyl (C=O) groups excluding carboxylic acids is 1. The van der Waals surface area contributed by atoms with Gasteiger partial charge < -0.3 is 10.2 Å². The minimum absolute atomic E-state index is 0.0469. The van der Waals surface area contributed by atoms with Crippen molar-refractivity contribution in [3.05, 3.63) is 29.8 Å². The van der Waals surface area contributed by atoms with E-state index in [0.29, 0.717) is 5.75 Å². The van der Waals surface area contributed by atoms with E-state index < -0.39 is 10.8 Å². The highest BCUT2D eigenvalue weighted by molar-refractivity contribution is 7.99. The van der Waals surface area contributed by atoms with Crippen LogP contribution in [0.15, 0.2) is 24.3 Å². The lowest BCUT2D eigenvalue weighted by Gasteiger charge is -2.26. The summed E-state index contributed by atoms with van der Waals surface area (Å²) in [7, 11) is -0.939. The third kappa shape index (κ3) is 5.02. The van der Waals surface area contributed by atoms with Crippen LogP contribution < -0.4 is 5.32 Å². The molecule has 0 radical (unpaired) electrons. The fourth-order valence-corrected chi connectivity index (χ4v) is 3.89. The van der Waals surface area contributed by atoms with Crippen LogP contribution in [0.1, 0.15) is 26.3 Å². The van der Waals surface area contributed by atoms with Crippen molar-refractivity contribution in [1.82, 2.24) is 4.90 Å². The highest BCUT2D eigenvalue weighted by atomic mass is 32.2. The fraction of sp³-hybridized carbons (Fsp3) is 0.562. The first-order valence-electron chi connectivity index (χ1n) is 7.47. The molecule has 1 fully saturated rings. The predicted octanol–water partition coefficient (Wildman–Crippen LogP) is 3.31. The van der Waals surface area contributed by atoms with Crippen LogP contribution in [0.3, 0.4) is 0 Å². The van der Waals surface area contributed by atoms with Crippen molar-refractivity contribution in [2.45, 2.75) is 31.3 Å². The van der Waals surface area contributed by atoms with Crippen LogP contribution in [0.2, 0.25) is 0 Å². The lowest BCUT2D eigenvalue weighted by Crippen LogP contribution is -2.40. The molecule has 22 heavy (non-hydrogen) atoms. The maximum absolute atomic E-state index is 12.2. The van der Waals surface area contributed by atoms with Gasteiger partial charge in [-0.15, -0.1) is 0 Å². The summed E-state index contributed by atoms with van der Waals surface area (Å²) >= 11 is 1.88. The lowest BCUT2D eigenvalue weighted by molar-refractivity contribution is 0.217. The summed E-state index contributed by atoms with van der Waals surface area (Å²) in [6.45, 7) is 7.52. The van der Waals surface area contributed by atoms with Crippen LogP contribution in [0, 0.1) is 0 Å². The number of rotatable bonds is 3. The quantitative estimate of drug-likeness (QED) is 0.918. The molecule has 1 saturated heterocycles. The highest BCUT2D eigenvalue weighted by Crippen LogP contribution is 2.19. The van der Waals surface area contributed by atoms with Crippen molar-refractivity contribution < 1.29 is 9.00 Å². The SMILES string of the molecule is CC(C)(C)S(=O)Cc1cccc(NC(=O)N2CCSCC2)c1. The van der Waals surface area contributed by atoms with E-state index >= 15 is 0 Å². The monoisotopic (exact) mass is 340 g/mol. The average molecular weight is 341 g/mol. The number of nitrogens with one attached hydrogen (secondary N) is 1. The van der Waals surface area contributed by atoms with Crippen molar-refractivity contribution >= 4 is 34.3 Å². The fourth-order valence-electron chi connectivity index (χ4n) is 2.08. The molecule has 1 aliphatic heterocycles. The Kier molecular flexibility index (Phi) is 5.92. The van der Waals surface area contributed by atoms with E-state index in [-0.39, 0.29) is 10.8 Å². The maximum atomic E-state index is 12.2. The second-order valence-electron chi connectivity index (χ2n) is 6.33. The Morgan fingerprint density at radius 3 is 2.64 bits per heavy atom. The van der Waals surface area contributed by atoms with Gasteiger partial charge in [-0.05, 0) is 38.5 Å². The smallest absolute Gasteiger partial charge is 0.321 e. The molecular formula is C16H24N2O2S2. The van der Waals surface area contributed by atoms with E-state index in [1.807, 2.05) is 61.7 Å². The number of amides is 2. The van der Waals surface area contributed by atoms with Gasteiger partial charge in [0.05, 0.1) is 0 Å². The Morgan fingerprint density at radius 2 is 2.00 bits per heavy atom. The zero-order valence-corrected chi connectivity index (χ0v) is 15.1. The Morgan fingerprint density at radius 1 is 1.32 bits per heavy atom. The van der Waals surface area contributed by atoms with Gasteiger partial charge in [0.1, 0.15) is 0 Å². The number of hydrogen-bond donors (Lipinski definition) is 1. The Bertz CT molecular complexity index is 549. The summed E-state index contributed by atoms with van der Waals surface area (Å²) in [6.07, 6.45) is 0. The minimum Gasteiger partial charge on any atom is -0.323 e. The second-order valence-corrected chi connectivity index (χ2v) is 9.76. The molecule has 0 spiro atoms. The number of anilines is 1. The molecule has 122 valence electrons. The number of carbonyl (C=O) groups is 1. The van der Waals surface area contributed by atoms with Crippen molar-refractivity contribution in [3.8, 4) is 0 Å². The lowest BCUT2D eigenvalue weighted by atomic mass is 10.2. The molecule has 0 bridgehead atoms.